The molecule has 0 saturated carbocycles. The molecule has 108 valence electrons. The number of aryl methyl sites for hydroxylation is 1. The first-order valence-electron chi connectivity index (χ1n) is 7.05. The molecule has 3 rings (SSSR count). The van der Waals surface area contributed by atoms with Gasteiger partial charge in [0.15, 0.2) is 5.43 Å². The summed E-state index contributed by atoms with van der Waals surface area (Å²) in [5, 5.41) is 3.18. The first-order chi connectivity index (χ1) is 10.1. The summed E-state index contributed by atoms with van der Waals surface area (Å²) in [5.41, 5.74) is 2.22. The normalized spacial score (nSPS) is 11.1. The molecule has 0 amide bonds. The smallest absolute Gasteiger partial charge is 0.284 e. The monoisotopic (exact) mass is 283 g/mol. The van der Waals surface area contributed by atoms with Crippen LogP contribution in [0.1, 0.15) is 24.6 Å². The Hall–Kier alpha value is -2.56. The van der Waals surface area contributed by atoms with Crippen LogP contribution in [0.3, 0.4) is 0 Å². The highest BCUT2D eigenvalue weighted by Crippen LogP contribution is 2.10. The SMILES string of the molecule is CCCc1c(C)[nH]c2[nH]n(-c3ccccc3)c(=O)c2c1=O. The van der Waals surface area contributed by atoms with Crippen LogP contribution >= 0.6 is 0 Å². The second-order valence-electron chi connectivity index (χ2n) is 5.15. The Kier molecular flexibility index (Phi) is 3.25. The number of aromatic amines is 2. The minimum Gasteiger partial charge on any atom is -0.343 e. The molecule has 0 atom stereocenters. The van der Waals surface area contributed by atoms with Gasteiger partial charge in [0.1, 0.15) is 11.0 Å². The molecule has 2 N–H and O–H groups in total. The van der Waals surface area contributed by atoms with E-state index in [9.17, 15) is 9.59 Å². The molecule has 0 aliphatic carbocycles. The first kappa shape index (κ1) is 13.4. The van der Waals surface area contributed by atoms with E-state index < -0.39 is 0 Å². The van der Waals surface area contributed by atoms with Crippen LogP contribution in [-0.4, -0.2) is 14.8 Å². The molecule has 0 aliphatic heterocycles. The average Bonchev–Trinajstić information content (AvgIpc) is 2.81. The number of para-hydroxylation sites is 1. The number of hydrogen-bond acceptors (Lipinski definition) is 2. The fourth-order valence-electron chi connectivity index (χ4n) is 2.63. The minimum absolute atomic E-state index is 0.168. The van der Waals surface area contributed by atoms with E-state index in [4.69, 9.17) is 0 Å². The van der Waals surface area contributed by atoms with Crippen LogP contribution in [0.25, 0.3) is 16.7 Å². The Morgan fingerprint density at radius 2 is 1.86 bits per heavy atom. The van der Waals surface area contributed by atoms with Crippen molar-refractivity contribution in [2.75, 3.05) is 0 Å². The molecule has 0 saturated heterocycles. The third-order valence-corrected chi connectivity index (χ3v) is 3.67. The Labute approximate surface area is 121 Å². The van der Waals surface area contributed by atoms with Crippen molar-refractivity contribution in [2.24, 2.45) is 0 Å². The highest BCUT2D eigenvalue weighted by atomic mass is 16.1. The van der Waals surface area contributed by atoms with Crippen LogP contribution in [0.5, 0.6) is 0 Å². The Bertz CT molecular complexity index is 901. The summed E-state index contributed by atoms with van der Waals surface area (Å²) < 4.78 is 1.40. The molecule has 0 aliphatic rings. The molecule has 0 radical (unpaired) electrons. The van der Waals surface area contributed by atoms with Crippen molar-refractivity contribution in [1.82, 2.24) is 14.8 Å². The van der Waals surface area contributed by atoms with Crippen LogP contribution in [0, 0.1) is 6.92 Å². The van der Waals surface area contributed by atoms with Crippen molar-refractivity contribution in [3.63, 3.8) is 0 Å². The summed E-state index contributed by atoms with van der Waals surface area (Å²) in [6, 6.07) is 9.22. The van der Waals surface area contributed by atoms with Gasteiger partial charge in [-0.2, -0.15) is 0 Å². The van der Waals surface area contributed by atoms with Crippen LogP contribution in [0.4, 0.5) is 0 Å². The van der Waals surface area contributed by atoms with E-state index in [-0.39, 0.29) is 16.4 Å². The summed E-state index contributed by atoms with van der Waals surface area (Å²) in [4.78, 5) is 28.2. The maximum atomic E-state index is 12.6. The standard InChI is InChI=1S/C16H17N3O2/c1-3-7-12-10(2)17-15-13(14(12)20)16(21)19(18-15)11-8-5-4-6-9-11/h4-6,8-9H,3,7H2,1-2H3,(H2,17,18,20). The van der Waals surface area contributed by atoms with Crippen LogP contribution in [0.15, 0.2) is 39.9 Å². The molecular weight excluding hydrogens is 266 g/mol. The molecule has 21 heavy (non-hydrogen) atoms. The Morgan fingerprint density at radius 1 is 1.14 bits per heavy atom. The van der Waals surface area contributed by atoms with Crippen LogP contribution in [0.2, 0.25) is 0 Å². The van der Waals surface area contributed by atoms with Crippen molar-refractivity contribution in [2.45, 2.75) is 26.7 Å². The first-order valence-corrected chi connectivity index (χ1v) is 7.05. The Balaban J connectivity index is 2.34. The summed E-state index contributed by atoms with van der Waals surface area (Å²) in [5.74, 6) is 0. The van der Waals surface area contributed by atoms with Gasteiger partial charge in [-0.15, -0.1) is 0 Å². The van der Waals surface area contributed by atoms with Gasteiger partial charge >= 0.3 is 0 Å². The maximum Gasteiger partial charge on any atom is 0.284 e. The summed E-state index contributed by atoms with van der Waals surface area (Å²) in [6.45, 7) is 3.88. The zero-order valence-electron chi connectivity index (χ0n) is 12.1. The fraction of sp³-hybridized carbons (Fsp3) is 0.250. The number of nitrogens with one attached hydrogen (secondary N) is 2. The summed E-state index contributed by atoms with van der Waals surface area (Å²) in [7, 11) is 0. The molecule has 0 bridgehead atoms. The predicted octanol–water partition coefficient (Wildman–Crippen LogP) is 2.27. The van der Waals surface area contributed by atoms with Crippen molar-refractivity contribution >= 4 is 11.0 Å². The Morgan fingerprint density at radius 3 is 2.52 bits per heavy atom. The molecule has 1 aromatic carbocycles. The molecule has 3 aromatic rings. The molecule has 2 heterocycles. The molecule has 5 heteroatoms. The molecule has 0 unspecified atom stereocenters. The van der Waals surface area contributed by atoms with Crippen molar-refractivity contribution < 1.29 is 0 Å². The number of pyridine rings is 1. The third-order valence-electron chi connectivity index (χ3n) is 3.67. The van der Waals surface area contributed by atoms with E-state index in [1.54, 1.807) is 0 Å². The number of benzene rings is 1. The minimum atomic E-state index is -0.310. The highest BCUT2D eigenvalue weighted by molar-refractivity contribution is 5.75. The number of rotatable bonds is 3. The lowest BCUT2D eigenvalue weighted by molar-refractivity contribution is 0.856. The lowest BCUT2D eigenvalue weighted by Gasteiger charge is -2.03. The molecule has 0 fully saturated rings. The van der Waals surface area contributed by atoms with Gasteiger partial charge < -0.3 is 4.98 Å². The fourth-order valence-corrected chi connectivity index (χ4v) is 2.63. The van der Waals surface area contributed by atoms with Gasteiger partial charge in [-0.25, -0.2) is 4.68 Å². The van der Waals surface area contributed by atoms with E-state index in [0.717, 1.165) is 12.1 Å². The summed E-state index contributed by atoms with van der Waals surface area (Å²) >= 11 is 0. The van der Waals surface area contributed by atoms with Gasteiger partial charge in [-0.05, 0) is 25.5 Å². The van der Waals surface area contributed by atoms with Gasteiger partial charge in [0.05, 0.1) is 5.69 Å². The topological polar surface area (TPSA) is 70.7 Å². The van der Waals surface area contributed by atoms with Crippen LogP contribution < -0.4 is 11.0 Å². The van der Waals surface area contributed by atoms with Crippen molar-refractivity contribution in [3.05, 3.63) is 62.2 Å². The third kappa shape index (κ3) is 2.11. The average molecular weight is 283 g/mol. The van der Waals surface area contributed by atoms with Gasteiger partial charge in [0.25, 0.3) is 5.56 Å². The highest BCUT2D eigenvalue weighted by Gasteiger charge is 2.16. The zero-order chi connectivity index (χ0) is 15.0. The number of nitrogens with zero attached hydrogens (tertiary/aromatic N) is 1. The van der Waals surface area contributed by atoms with E-state index >= 15 is 0 Å². The molecule has 2 aromatic heterocycles. The lowest BCUT2D eigenvalue weighted by atomic mass is 10.1. The molecular formula is C16H17N3O2. The predicted molar refractivity (Wildman–Crippen MR) is 83.2 cm³/mol. The lowest BCUT2D eigenvalue weighted by Crippen LogP contribution is -2.21. The number of hydrogen-bond donors (Lipinski definition) is 2. The number of fused-ring (bicyclic) bond motifs is 1. The largest absolute Gasteiger partial charge is 0.343 e. The van der Waals surface area contributed by atoms with Gasteiger partial charge in [-0.1, -0.05) is 31.5 Å². The molecule has 0 spiro atoms. The number of H-pyrrole nitrogens is 2. The van der Waals surface area contributed by atoms with Crippen molar-refractivity contribution in [3.8, 4) is 5.69 Å². The molecule has 5 nitrogen and oxygen atoms in total. The van der Waals surface area contributed by atoms with Gasteiger partial charge in [-0.3, -0.25) is 14.7 Å². The quantitative estimate of drug-likeness (QED) is 0.774. The number of aromatic nitrogens is 3. The van der Waals surface area contributed by atoms with E-state index in [1.165, 1.54) is 4.68 Å². The van der Waals surface area contributed by atoms with E-state index in [2.05, 4.69) is 10.1 Å². The van der Waals surface area contributed by atoms with Crippen LogP contribution in [-0.2, 0) is 6.42 Å². The van der Waals surface area contributed by atoms with Gasteiger partial charge in [0, 0.05) is 11.3 Å². The zero-order valence-corrected chi connectivity index (χ0v) is 12.1. The second-order valence-corrected chi connectivity index (χ2v) is 5.15. The second kappa shape index (κ2) is 5.09. The van der Waals surface area contributed by atoms with E-state index in [0.29, 0.717) is 23.3 Å². The maximum absolute atomic E-state index is 12.6. The van der Waals surface area contributed by atoms with E-state index in [1.807, 2.05) is 44.2 Å². The summed E-state index contributed by atoms with van der Waals surface area (Å²) in [6.07, 6.45) is 1.54. The van der Waals surface area contributed by atoms with Gasteiger partial charge in [0.2, 0.25) is 0 Å². The van der Waals surface area contributed by atoms with Crippen molar-refractivity contribution in [1.29, 1.82) is 0 Å².